The van der Waals surface area contributed by atoms with E-state index in [9.17, 15) is 9.18 Å². The number of halogens is 1. The molecule has 1 amide bonds. The third-order valence-electron chi connectivity index (χ3n) is 4.62. The number of hydrogen-bond donors (Lipinski definition) is 3. The highest BCUT2D eigenvalue weighted by Crippen LogP contribution is 2.26. The van der Waals surface area contributed by atoms with Crippen LogP contribution < -0.4 is 20.7 Å². The molecule has 0 saturated carbocycles. The van der Waals surface area contributed by atoms with Gasteiger partial charge in [0.05, 0.1) is 13.1 Å². The molecule has 0 aromatic heterocycles. The molecule has 0 fully saturated rings. The van der Waals surface area contributed by atoms with Gasteiger partial charge in [0.25, 0.3) is 0 Å². The lowest BCUT2D eigenvalue weighted by molar-refractivity contribution is -0.116. The first-order valence-electron chi connectivity index (χ1n) is 9.88. The summed E-state index contributed by atoms with van der Waals surface area (Å²) in [5.41, 5.74) is 3.54. The number of nitrogens with zero attached hydrogens (tertiary/aromatic N) is 1. The molecule has 1 aliphatic heterocycles. The van der Waals surface area contributed by atoms with E-state index in [1.165, 1.54) is 6.07 Å². The fourth-order valence-corrected chi connectivity index (χ4v) is 3.11. The van der Waals surface area contributed by atoms with E-state index in [-0.39, 0.29) is 11.7 Å². The number of hydrogen-bond acceptors (Lipinski definition) is 3. The van der Waals surface area contributed by atoms with Gasteiger partial charge >= 0.3 is 0 Å². The lowest BCUT2D eigenvalue weighted by Crippen LogP contribution is -2.39. The van der Waals surface area contributed by atoms with E-state index >= 15 is 0 Å². The highest BCUT2D eigenvalue weighted by atomic mass is 19.1. The number of amides is 1. The van der Waals surface area contributed by atoms with Crippen LogP contribution in [-0.4, -0.2) is 31.6 Å². The minimum Gasteiger partial charge on any atom is -0.492 e. The smallest absolute Gasteiger partial charge is 0.224 e. The summed E-state index contributed by atoms with van der Waals surface area (Å²) < 4.78 is 19.2. The van der Waals surface area contributed by atoms with E-state index in [1.54, 1.807) is 13.0 Å². The largest absolute Gasteiger partial charge is 0.492 e. The number of carbonyl (C=O) groups is 1. The van der Waals surface area contributed by atoms with Gasteiger partial charge in [-0.1, -0.05) is 12.1 Å². The average molecular weight is 398 g/mol. The summed E-state index contributed by atoms with van der Waals surface area (Å²) in [5.74, 6) is 1.32. The van der Waals surface area contributed by atoms with Gasteiger partial charge in [0, 0.05) is 18.7 Å². The van der Waals surface area contributed by atoms with Crippen molar-refractivity contribution in [3.8, 4) is 5.75 Å². The molecule has 0 saturated heterocycles. The number of aliphatic imine (C=N–C) groups is 1. The Morgan fingerprint density at radius 2 is 2.07 bits per heavy atom. The third-order valence-corrected chi connectivity index (χ3v) is 4.62. The Balaban J connectivity index is 1.49. The highest BCUT2D eigenvalue weighted by molar-refractivity contribution is 5.94. The summed E-state index contributed by atoms with van der Waals surface area (Å²) in [6.07, 6.45) is 1.24. The number of rotatable bonds is 7. The topological polar surface area (TPSA) is 74.8 Å². The van der Waals surface area contributed by atoms with Crippen LogP contribution in [0.25, 0.3) is 0 Å². The zero-order valence-corrected chi connectivity index (χ0v) is 16.8. The van der Waals surface area contributed by atoms with Gasteiger partial charge in [-0.15, -0.1) is 0 Å². The van der Waals surface area contributed by atoms with E-state index in [4.69, 9.17) is 4.74 Å². The molecule has 2 aromatic rings. The molecule has 0 aliphatic carbocycles. The van der Waals surface area contributed by atoms with E-state index in [0.717, 1.165) is 35.5 Å². The quantitative estimate of drug-likeness (QED) is 0.381. The number of guanidine groups is 1. The Hall–Kier alpha value is -3.09. The van der Waals surface area contributed by atoms with Crippen molar-refractivity contribution in [2.45, 2.75) is 33.2 Å². The van der Waals surface area contributed by atoms with E-state index in [1.807, 2.05) is 31.2 Å². The molecule has 2 aromatic carbocycles. The van der Waals surface area contributed by atoms with Crippen molar-refractivity contribution >= 4 is 17.6 Å². The number of nitrogens with one attached hydrogen (secondary N) is 3. The zero-order chi connectivity index (χ0) is 20.6. The number of fused-ring (bicyclic) bond motifs is 1. The Bertz CT molecular complexity index is 898. The van der Waals surface area contributed by atoms with Crippen molar-refractivity contribution in [1.29, 1.82) is 0 Å². The fourth-order valence-electron chi connectivity index (χ4n) is 3.11. The van der Waals surface area contributed by atoms with Crippen molar-refractivity contribution in [2.24, 2.45) is 4.99 Å². The number of anilines is 1. The maximum Gasteiger partial charge on any atom is 0.224 e. The molecule has 1 heterocycles. The summed E-state index contributed by atoms with van der Waals surface area (Å²) in [4.78, 5) is 16.0. The second-order valence-electron chi connectivity index (χ2n) is 6.92. The van der Waals surface area contributed by atoms with Crippen LogP contribution >= 0.6 is 0 Å². The molecular formula is C22H27FN4O2. The Morgan fingerprint density at radius 3 is 2.86 bits per heavy atom. The molecule has 29 heavy (non-hydrogen) atoms. The number of carbonyl (C=O) groups excluding carboxylic acids is 1. The van der Waals surface area contributed by atoms with Crippen LogP contribution in [0.4, 0.5) is 10.1 Å². The summed E-state index contributed by atoms with van der Waals surface area (Å²) in [6, 6.07) is 10.7. The minimum atomic E-state index is -0.204. The van der Waals surface area contributed by atoms with Crippen LogP contribution in [0.15, 0.2) is 41.4 Å². The van der Waals surface area contributed by atoms with Crippen LogP contribution in [0, 0.1) is 12.7 Å². The third kappa shape index (κ3) is 5.94. The summed E-state index contributed by atoms with van der Waals surface area (Å²) in [7, 11) is 0. The van der Waals surface area contributed by atoms with Gasteiger partial charge in [-0.2, -0.15) is 0 Å². The van der Waals surface area contributed by atoms with Crippen molar-refractivity contribution in [3.63, 3.8) is 0 Å². The van der Waals surface area contributed by atoms with Gasteiger partial charge in [-0.3, -0.25) is 4.79 Å². The molecule has 1 aliphatic rings. The molecule has 3 N–H and O–H groups in total. The van der Waals surface area contributed by atoms with Crippen molar-refractivity contribution in [2.75, 3.05) is 25.0 Å². The second-order valence-corrected chi connectivity index (χ2v) is 6.92. The molecular weight excluding hydrogens is 371 g/mol. The maximum absolute atomic E-state index is 13.4. The van der Waals surface area contributed by atoms with E-state index in [2.05, 4.69) is 20.9 Å². The van der Waals surface area contributed by atoms with Crippen molar-refractivity contribution in [1.82, 2.24) is 10.6 Å². The van der Waals surface area contributed by atoms with Gasteiger partial charge in [0.1, 0.15) is 18.2 Å². The van der Waals surface area contributed by atoms with Gasteiger partial charge in [-0.25, -0.2) is 9.38 Å². The minimum absolute atomic E-state index is 0.0569. The van der Waals surface area contributed by atoms with Gasteiger partial charge < -0.3 is 20.7 Å². The van der Waals surface area contributed by atoms with Crippen LogP contribution in [0.5, 0.6) is 5.75 Å². The van der Waals surface area contributed by atoms with E-state index in [0.29, 0.717) is 37.6 Å². The molecule has 0 unspecified atom stereocenters. The van der Waals surface area contributed by atoms with Gasteiger partial charge in [0.2, 0.25) is 5.91 Å². The SMILES string of the molecule is CCNC(=NCc1ccc(F)c(C)c1)NCCOc1ccc2c(c1)CCC(=O)N2. The van der Waals surface area contributed by atoms with Gasteiger partial charge in [-0.05, 0) is 61.2 Å². The molecule has 0 bridgehead atoms. The Kier molecular flexibility index (Phi) is 7.05. The fraction of sp³-hybridized carbons (Fsp3) is 0.364. The lowest BCUT2D eigenvalue weighted by atomic mass is 10.0. The summed E-state index contributed by atoms with van der Waals surface area (Å²) in [5, 5.41) is 9.30. The second kappa shape index (κ2) is 9.91. The standard InChI is InChI=1S/C22H27FN4O2/c1-3-24-22(26-14-16-4-7-19(23)15(2)12-16)25-10-11-29-18-6-8-20-17(13-18)5-9-21(28)27-20/h4,6-8,12-13H,3,5,9-11,14H2,1-2H3,(H,27,28)(H2,24,25,26). The molecule has 6 nitrogen and oxygen atoms in total. The van der Waals surface area contributed by atoms with Crippen LogP contribution in [0.3, 0.4) is 0 Å². The van der Waals surface area contributed by atoms with Crippen LogP contribution in [0.1, 0.15) is 30.0 Å². The van der Waals surface area contributed by atoms with Crippen LogP contribution in [-0.2, 0) is 17.8 Å². The van der Waals surface area contributed by atoms with Crippen molar-refractivity contribution in [3.05, 3.63) is 58.9 Å². The summed E-state index contributed by atoms with van der Waals surface area (Å²) in [6.45, 7) is 6.02. The zero-order valence-electron chi connectivity index (χ0n) is 16.8. The van der Waals surface area contributed by atoms with Crippen molar-refractivity contribution < 1.29 is 13.9 Å². The first kappa shape index (κ1) is 20.6. The normalized spacial score (nSPS) is 13.5. The first-order chi connectivity index (χ1) is 14.0. The average Bonchev–Trinajstić information content (AvgIpc) is 2.71. The van der Waals surface area contributed by atoms with Crippen LogP contribution in [0.2, 0.25) is 0 Å². The monoisotopic (exact) mass is 398 g/mol. The number of aryl methyl sites for hydroxylation is 2. The maximum atomic E-state index is 13.4. The summed E-state index contributed by atoms with van der Waals surface area (Å²) >= 11 is 0. The molecule has 0 spiro atoms. The number of ether oxygens (including phenoxy) is 1. The predicted octanol–water partition coefficient (Wildman–Crippen LogP) is 3.15. The molecule has 154 valence electrons. The predicted molar refractivity (Wildman–Crippen MR) is 113 cm³/mol. The number of benzene rings is 2. The molecule has 0 radical (unpaired) electrons. The molecule has 3 rings (SSSR count). The Labute approximate surface area is 170 Å². The first-order valence-corrected chi connectivity index (χ1v) is 9.88. The van der Waals surface area contributed by atoms with Gasteiger partial charge in [0.15, 0.2) is 5.96 Å². The molecule has 7 heteroatoms. The molecule has 0 atom stereocenters. The Morgan fingerprint density at radius 1 is 1.21 bits per heavy atom. The highest BCUT2D eigenvalue weighted by Gasteiger charge is 2.14. The lowest BCUT2D eigenvalue weighted by Gasteiger charge is -2.18. The van der Waals surface area contributed by atoms with E-state index < -0.39 is 0 Å².